The maximum atomic E-state index is 16.6. The number of rotatable bonds is 6. The number of ether oxygens (including phenoxy) is 1. The molecule has 11 heteroatoms. The summed E-state index contributed by atoms with van der Waals surface area (Å²) in [6.45, 7) is 9.68. The average Bonchev–Trinajstić information content (AvgIpc) is 3.55. The third-order valence-electron chi connectivity index (χ3n) is 8.89. The lowest BCUT2D eigenvalue weighted by atomic mass is 9.72. The summed E-state index contributed by atoms with van der Waals surface area (Å²) in [6, 6.07) is 6.05. The summed E-state index contributed by atoms with van der Waals surface area (Å²) in [4.78, 5) is 27.5. The monoisotopic (exact) mass is 575 g/mol. The number of likely N-dealkylation sites (N-methyl/N-ethyl adjacent to an activating group) is 1. The maximum absolute atomic E-state index is 16.6. The van der Waals surface area contributed by atoms with Crippen molar-refractivity contribution < 1.29 is 13.9 Å². The Labute approximate surface area is 241 Å². The van der Waals surface area contributed by atoms with Crippen molar-refractivity contribution in [3.8, 4) is 17.1 Å². The Morgan fingerprint density at radius 2 is 2.07 bits per heavy atom. The molecule has 7 rings (SSSR count). The molecular formula is C30H31ClFN7O2. The van der Waals surface area contributed by atoms with Gasteiger partial charge in [-0.2, -0.15) is 15.1 Å². The fourth-order valence-electron chi connectivity index (χ4n) is 6.66. The van der Waals surface area contributed by atoms with E-state index in [4.69, 9.17) is 21.3 Å². The fourth-order valence-corrected chi connectivity index (χ4v) is 6.94. The Balaban J connectivity index is 1.30. The number of hydrogen-bond acceptors (Lipinski definition) is 7. The Bertz CT molecular complexity index is 1710. The van der Waals surface area contributed by atoms with Gasteiger partial charge in [0.2, 0.25) is 5.91 Å². The van der Waals surface area contributed by atoms with Crippen LogP contribution in [0.5, 0.6) is 6.01 Å². The van der Waals surface area contributed by atoms with Crippen molar-refractivity contribution in [3.05, 3.63) is 53.5 Å². The van der Waals surface area contributed by atoms with Gasteiger partial charge in [-0.3, -0.25) is 9.89 Å². The van der Waals surface area contributed by atoms with E-state index in [9.17, 15) is 4.79 Å². The number of anilines is 1. The molecule has 3 saturated heterocycles. The third-order valence-corrected chi connectivity index (χ3v) is 9.18. The highest BCUT2D eigenvalue weighted by Crippen LogP contribution is 2.46. The number of fused-ring (bicyclic) bond motifs is 2. The first kappa shape index (κ1) is 26.2. The van der Waals surface area contributed by atoms with Crippen LogP contribution in [0.2, 0.25) is 5.02 Å². The first-order valence-electron chi connectivity index (χ1n) is 13.9. The SMILES string of the molecule is C=CC(=O)N1CC2(C1)CN(c1nc(OC[C@@H]3CCCN3C)nc3c(F)c(-c4c(C)ccc5cn[nH]c45)c(Cl)cc13)C2. The standard InChI is InChI=1S/C30H31ClFN7O2/c1-4-22(40)38-13-30(14-38)15-39(16-30)28-20-10-21(31)24(23-17(2)7-8-18-11-33-36-26(18)23)25(32)27(20)34-29(35-28)41-12-19-6-5-9-37(19)3/h4,7-8,10-11,19H,1,5-6,9,12-16H2,2-3H3,(H,33,36)/t19-/m0/s1. The number of amides is 1. The zero-order valence-electron chi connectivity index (χ0n) is 23.1. The van der Waals surface area contributed by atoms with Gasteiger partial charge in [-0.25, -0.2) is 4.39 Å². The van der Waals surface area contributed by atoms with Crippen molar-refractivity contribution in [2.45, 2.75) is 25.8 Å². The van der Waals surface area contributed by atoms with Crippen LogP contribution in [0.15, 0.2) is 37.1 Å². The molecule has 0 bridgehead atoms. The van der Waals surface area contributed by atoms with Gasteiger partial charge in [0, 0.05) is 59.5 Å². The first-order chi connectivity index (χ1) is 19.8. The van der Waals surface area contributed by atoms with Crippen molar-refractivity contribution in [1.82, 2.24) is 30.0 Å². The van der Waals surface area contributed by atoms with E-state index in [2.05, 4.69) is 38.6 Å². The number of H-pyrrole nitrogens is 1. The van der Waals surface area contributed by atoms with Gasteiger partial charge in [-0.15, -0.1) is 0 Å². The minimum atomic E-state index is -0.522. The Morgan fingerprint density at radius 1 is 1.27 bits per heavy atom. The van der Waals surface area contributed by atoms with Crippen molar-refractivity contribution in [2.24, 2.45) is 5.41 Å². The highest BCUT2D eigenvalue weighted by Gasteiger charge is 2.53. The average molecular weight is 576 g/mol. The van der Waals surface area contributed by atoms with Crippen LogP contribution in [-0.4, -0.2) is 88.3 Å². The van der Waals surface area contributed by atoms with Crippen molar-refractivity contribution in [2.75, 3.05) is 51.3 Å². The van der Waals surface area contributed by atoms with E-state index in [0.717, 1.165) is 30.3 Å². The van der Waals surface area contributed by atoms with Crippen LogP contribution in [0, 0.1) is 18.2 Å². The quantitative estimate of drug-likeness (QED) is 0.337. The molecule has 41 heavy (non-hydrogen) atoms. The fraction of sp³-hybridized carbons (Fsp3) is 0.400. The summed E-state index contributed by atoms with van der Waals surface area (Å²) in [7, 11) is 2.08. The number of nitrogens with one attached hydrogen (secondary N) is 1. The lowest BCUT2D eigenvalue weighted by Gasteiger charge is -2.60. The maximum Gasteiger partial charge on any atom is 0.319 e. The molecule has 1 atom stereocenters. The van der Waals surface area contributed by atoms with Gasteiger partial charge < -0.3 is 19.4 Å². The highest BCUT2D eigenvalue weighted by atomic mass is 35.5. The van der Waals surface area contributed by atoms with E-state index in [1.54, 1.807) is 17.2 Å². The van der Waals surface area contributed by atoms with E-state index >= 15 is 4.39 Å². The van der Waals surface area contributed by atoms with E-state index in [0.29, 0.717) is 55.1 Å². The van der Waals surface area contributed by atoms with Crippen LogP contribution in [0.1, 0.15) is 18.4 Å². The Morgan fingerprint density at radius 3 is 2.80 bits per heavy atom. The molecule has 2 aromatic carbocycles. The summed E-state index contributed by atoms with van der Waals surface area (Å²) < 4.78 is 22.8. The Hall–Kier alpha value is -3.76. The second-order valence-electron chi connectivity index (χ2n) is 11.7. The normalized spacial score (nSPS) is 20.0. The van der Waals surface area contributed by atoms with Gasteiger partial charge in [-0.05, 0) is 51.1 Å². The van der Waals surface area contributed by atoms with Crippen molar-refractivity contribution >= 4 is 45.1 Å². The van der Waals surface area contributed by atoms with Crippen LogP contribution in [0.25, 0.3) is 32.9 Å². The number of likely N-dealkylation sites (tertiary alicyclic amines) is 2. The lowest BCUT2D eigenvalue weighted by molar-refractivity contribution is -0.139. The highest BCUT2D eigenvalue weighted by molar-refractivity contribution is 6.35. The minimum Gasteiger partial charge on any atom is -0.462 e. The van der Waals surface area contributed by atoms with Crippen LogP contribution in [-0.2, 0) is 4.79 Å². The number of aromatic amines is 1. The van der Waals surface area contributed by atoms with Crippen LogP contribution in [0.3, 0.4) is 0 Å². The summed E-state index contributed by atoms with van der Waals surface area (Å²) in [6.07, 6.45) is 5.21. The molecule has 9 nitrogen and oxygen atoms in total. The largest absolute Gasteiger partial charge is 0.462 e. The van der Waals surface area contributed by atoms with Gasteiger partial charge in [0.1, 0.15) is 17.9 Å². The number of nitrogens with zero attached hydrogens (tertiary/aromatic N) is 6. The molecule has 0 radical (unpaired) electrons. The molecule has 0 aliphatic carbocycles. The molecule has 1 N–H and O–H groups in total. The number of aromatic nitrogens is 4. The number of hydrogen-bond donors (Lipinski definition) is 1. The second-order valence-corrected chi connectivity index (χ2v) is 12.1. The third kappa shape index (κ3) is 4.23. The molecular weight excluding hydrogens is 545 g/mol. The van der Waals surface area contributed by atoms with Gasteiger partial charge in [-0.1, -0.05) is 30.3 Å². The lowest BCUT2D eigenvalue weighted by Crippen LogP contribution is -2.73. The topological polar surface area (TPSA) is 90.5 Å². The number of halogens is 2. The molecule has 2 aromatic heterocycles. The van der Waals surface area contributed by atoms with E-state index < -0.39 is 5.82 Å². The van der Waals surface area contributed by atoms with Crippen molar-refractivity contribution in [3.63, 3.8) is 0 Å². The number of carbonyl (C=O) groups is 1. The molecule has 212 valence electrons. The first-order valence-corrected chi connectivity index (χ1v) is 14.3. The van der Waals surface area contributed by atoms with Gasteiger partial charge in [0.15, 0.2) is 5.82 Å². The molecule has 3 aliphatic heterocycles. The predicted molar refractivity (Wildman–Crippen MR) is 157 cm³/mol. The zero-order chi connectivity index (χ0) is 28.5. The molecule has 0 unspecified atom stereocenters. The van der Waals surface area contributed by atoms with E-state index in [1.807, 2.05) is 19.1 Å². The molecule has 3 aliphatic rings. The Kier molecular flexibility index (Phi) is 6.17. The molecule has 1 spiro atoms. The molecule has 0 saturated carbocycles. The smallest absolute Gasteiger partial charge is 0.319 e. The summed E-state index contributed by atoms with van der Waals surface area (Å²) in [5, 5.41) is 8.83. The number of aryl methyl sites for hydroxylation is 1. The van der Waals surface area contributed by atoms with E-state index in [-0.39, 0.29) is 39.5 Å². The summed E-state index contributed by atoms with van der Waals surface area (Å²) in [5.41, 5.74) is 2.68. The van der Waals surface area contributed by atoms with Gasteiger partial charge in [0.05, 0.1) is 16.7 Å². The molecule has 4 aromatic rings. The second kappa shape index (κ2) is 9.66. The summed E-state index contributed by atoms with van der Waals surface area (Å²) in [5.74, 6) is 0.0108. The predicted octanol–water partition coefficient (Wildman–Crippen LogP) is 4.58. The zero-order valence-corrected chi connectivity index (χ0v) is 23.8. The number of carbonyl (C=O) groups excluding carboxylic acids is 1. The van der Waals surface area contributed by atoms with Crippen molar-refractivity contribution in [1.29, 1.82) is 0 Å². The molecule has 1 amide bonds. The molecule has 3 fully saturated rings. The molecule has 5 heterocycles. The van der Waals surface area contributed by atoms with Crippen LogP contribution >= 0.6 is 11.6 Å². The number of benzene rings is 2. The van der Waals surface area contributed by atoms with E-state index in [1.165, 1.54) is 6.08 Å². The van der Waals surface area contributed by atoms with Crippen LogP contribution in [0.4, 0.5) is 10.2 Å². The minimum absolute atomic E-state index is 0.000816. The summed E-state index contributed by atoms with van der Waals surface area (Å²) >= 11 is 6.85. The van der Waals surface area contributed by atoms with Gasteiger partial charge in [0.25, 0.3) is 0 Å². The van der Waals surface area contributed by atoms with Crippen LogP contribution < -0.4 is 9.64 Å². The van der Waals surface area contributed by atoms with Gasteiger partial charge >= 0.3 is 6.01 Å².